The first-order chi connectivity index (χ1) is 32.3. The van der Waals surface area contributed by atoms with Crippen molar-refractivity contribution in [3.63, 3.8) is 0 Å². The molecule has 0 aromatic rings. The Labute approximate surface area is 398 Å². The molecule has 2 atom stereocenters. The number of carbonyl (C=O) groups excluding carboxylic acids is 6. The number of Topliss-reactive ketones (excluding diaryl/α,β-unsaturated/α-hetero) is 1. The van der Waals surface area contributed by atoms with E-state index in [1.807, 2.05) is 0 Å². The number of ketones is 1. The molecule has 0 aromatic carbocycles. The van der Waals surface area contributed by atoms with Crippen molar-refractivity contribution in [3.8, 4) is 0 Å². The van der Waals surface area contributed by atoms with Gasteiger partial charge < -0.3 is 61.1 Å². The van der Waals surface area contributed by atoms with Crippen LogP contribution in [0.5, 0.6) is 0 Å². The molecule has 388 valence electrons. The molecule has 0 aliphatic rings. The second-order valence-corrected chi connectivity index (χ2v) is 16.6. The number of hydrogen-bond donors (Lipinski definition) is 8. The summed E-state index contributed by atoms with van der Waals surface area (Å²) in [5, 5.41) is 34.5. The Bertz CT molecular complexity index is 1360. The number of unbranched alkanes of at least 4 members (excludes halogenated alkanes) is 14. The number of carboxylic acids is 2. The normalized spacial score (nSPS) is 11.9. The van der Waals surface area contributed by atoms with Crippen molar-refractivity contribution in [2.24, 2.45) is 0 Å². The summed E-state index contributed by atoms with van der Waals surface area (Å²) in [7, 11) is 1.76. The number of rotatable bonds is 49. The zero-order chi connectivity index (χ0) is 49.6. The first-order valence-electron chi connectivity index (χ1n) is 24.6. The van der Waals surface area contributed by atoms with Crippen LogP contribution in [0.2, 0.25) is 0 Å². The molecule has 0 spiro atoms. The number of carbonyl (C=O) groups is 8. The van der Waals surface area contributed by atoms with Crippen molar-refractivity contribution in [2.45, 2.75) is 167 Å². The third-order valence-corrected chi connectivity index (χ3v) is 10.7. The van der Waals surface area contributed by atoms with Gasteiger partial charge in [-0.25, -0.2) is 4.79 Å². The van der Waals surface area contributed by atoms with Gasteiger partial charge in [-0.1, -0.05) is 77.0 Å². The fourth-order valence-electron chi connectivity index (χ4n) is 6.78. The fraction of sp³-hybridized carbons (Fsp3) is 0.830. The van der Waals surface area contributed by atoms with Gasteiger partial charge in [0, 0.05) is 51.9 Å². The van der Waals surface area contributed by atoms with Crippen molar-refractivity contribution in [1.29, 1.82) is 0 Å². The molecule has 0 heterocycles. The summed E-state index contributed by atoms with van der Waals surface area (Å²) in [6.45, 7) is 3.81. The lowest BCUT2D eigenvalue weighted by atomic mass is 10.0. The Kier molecular flexibility index (Phi) is 42.7. The minimum atomic E-state index is -1.19. The Morgan fingerprint density at radius 3 is 1.31 bits per heavy atom. The molecule has 0 bridgehead atoms. The summed E-state index contributed by atoms with van der Waals surface area (Å²) in [6.07, 6.45) is 18.6. The molecule has 0 fully saturated rings. The minimum absolute atomic E-state index is 0.0325. The Balaban J connectivity index is 3.65. The van der Waals surface area contributed by atoms with Crippen LogP contribution in [-0.4, -0.2) is 156 Å². The summed E-state index contributed by atoms with van der Waals surface area (Å²) in [4.78, 5) is 94.0. The number of aliphatic carboxylic acids is 2. The number of amides is 5. The predicted molar refractivity (Wildman–Crippen MR) is 252 cm³/mol. The van der Waals surface area contributed by atoms with Crippen molar-refractivity contribution >= 4 is 47.3 Å². The molecular formula is C47H86N6O14. The van der Waals surface area contributed by atoms with Crippen LogP contribution in [0.15, 0.2) is 0 Å². The highest BCUT2D eigenvalue weighted by Gasteiger charge is 2.21. The fourth-order valence-corrected chi connectivity index (χ4v) is 6.78. The summed E-state index contributed by atoms with van der Waals surface area (Å²) in [6, 6.07) is -1.30. The number of carboxylic acid groups (broad SMARTS) is 2. The predicted octanol–water partition coefficient (Wildman–Crippen LogP) is 3.32. The van der Waals surface area contributed by atoms with Gasteiger partial charge in [-0.15, -0.1) is 0 Å². The highest BCUT2D eigenvalue weighted by atomic mass is 16.5. The summed E-state index contributed by atoms with van der Waals surface area (Å²) in [5.74, 6) is -3.21. The lowest BCUT2D eigenvalue weighted by Gasteiger charge is -2.14. The summed E-state index contributed by atoms with van der Waals surface area (Å²) in [5.41, 5.74) is 0. The third kappa shape index (κ3) is 44.1. The number of ether oxygens (including phenoxy) is 4. The van der Waals surface area contributed by atoms with Gasteiger partial charge >= 0.3 is 11.9 Å². The summed E-state index contributed by atoms with van der Waals surface area (Å²) < 4.78 is 21.4. The van der Waals surface area contributed by atoms with E-state index >= 15 is 0 Å². The van der Waals surface area contributed by atoms with Crippen LogP contribution in [0.1, 0.15) is 155 Å². The zero-order valence-corrected chi connectivity index (χ0v) is 40.7. The van der Waals surface area contributed by atoms with E-state index in [-0.39, 0.29) is 133 Å². The van der Waals surface area contributed by atoms with Crippen LogP contribution in [0.25, 0.3) is 0 Å². The zero-order valence-electron chi connectivity index (χ0n) is 40.7. The Morgan fingerprint density at radius 1 is 0.403 bits per heavy atom. The Hall–Kier alpha value is -4.24. The van der Waals surface area contributed by atoms with E-state index in [1.165, 1.54) is 38.5 Å². The molecule has 5 amide bonds. The van der Waals surface area contributed by atoms with Gasteiger partial charge in [0.25, 0.3) is 0 Å². The minimum Gasteiger partial charge on any atom is -0.481 e. The van der Waals surface area contributed by atoms with Crippen molar-refractivity contribution in [3.05, 3.63) is 0 Å². The van der Waals surface area contributed by atoms with Gasteiger partial charge in [0.15, 0.2) is 0 Å². The molecule has 0 aromatic heterocycles. The largest absolute Gasteiger partial charge is 0.481 e. The first-order valence-corrected chi connectivity index (χ1v) is 24.6. The van der Waals surface area contributed by atoms with E-state index < -0.39 is 18.0 Å². The lowest BCUT2D eigenvalue weighted by molar-refractivity contribution is -0.142. The van der Waals surface area contributed by atoms with Crippen LogP contribution in [0.3, 0.4) is 0 Å². The molecule has 0 aliphatic heterocycles. The van der Waals surface area contributed by atoms with Crippen molar-refractivity contribution in [2.75, 3.05) is 86.1 Å². The van der Waals surface area contributed by atoms with Crippen molar-refractivity contribution in [1.82, 2.24) is 31.9 Å². The van der Waals surface area contributed by atoms with E-state index in [9.17, 15) is 43.5 Å². The monoisotopic (exact) mass is 959 g/mol. The third-order valence-electron chi connectivity index (χ3n) is 10.7. The maximum atomic E-state index is 12.3. The molecular weight excluding hydrogens is 873 g/mol. The maximum absolute atomic E-state index is 12.3. The van der Waals surface area contributed by atoms with E-state index in [2.05, 4.69) is 31.9 Å². The smallest absolute Gasteiger partial charge is 0.326 e. The average Bonchev–Trinajstić information content (AvgIpc) is 3.28. The van der Waals surface area contributed by atoms with E-state index in [1.54, 1.807) is 14.0 Å². The molecule has 1 unspecified atom stereocenters. The molecule has 0 saturated heterocycles. The molecule has 8 N–H and O–H groups in total. The maximum Gasteiger partial charge on any atom is 0.326 e. The van der Waals surface area contributed by atoms with Crippen LogP contribution < -0.4 is 31.9 Å². The first kappa shape index (κ1) is 62.8. The van der Waals surface area contributed by atoms with Gasteiger partial charge in [-0.3, -0.25) is 33.6 Å². The standard InChI is InChI=1S/C47H86N6O14/c1-38(54)39(48-2)20-17-18-26-49-41(55)22-19-27-50-44(58)36-66-34-33-65-31-29-52-45(59)37-67-35-32-64-30-28-51-42(56)25-24-40(47(62)63)53-43(57)21-15-13-11-9-7-5-3-4-6-8-10-12-14-16-23-46(60)61/h39-40,48H,3-37H2,1-2H3,(H,49,55)(H,50,58)(H,51,56)(H,52,59)(H,53,57)(H,60,61)(H,62,63)/t39?,40-/m0/s1. The van der Waals surface area contributed by atoms with E-state index in [0.29, 0.717) is 32.4 Å². The quantitative estimate of drug-likeness (QED) is 0.0406. The molecule has 0 rings (SSSR count). The molecule has 67 heavy (non-hydrogen) atoms. The van der Waals surface area contributed by atoms with Crippen LogP contribution in [-0.2, 0) is 57.3 Å². The van der Waals surface area contributed by atoms with Crippen molar-refractivity contribution < 1.29 is 67.5 Å². The van der Waals surface area contributed by atoms with Gasteiger partial charge in [-0.2, -0.15) is 0 Å². The second kappa shape index (κ2) is 45.5. The van der Waals surface area contributed by atoms with Gasteiger partial charge in [0.2, 0.25) is 29.5 Å². The van der Waals surface area contributed by atoms with E-state index in [4.69, 9.17) is 24.1 Å². The summed E-state index contributed by atoms with van der Waals surface area (Å²) >= 11 is 0. The van der Waals surface area contributed by atoms with Crippen LogP contribution in [0, 0.1) is 0 Å². The number of likely N-dealkylation sites (N-methyl/N-ethyl adjacent to an activating group) is 1. The molecule has 0 aliphatic carbocycles. The number of nitrogens with one attached hydrogen (secondary N) is 6. The lowest BCUT2D eigenvalue weighted by Crippen LogP contribution is -2.41. The van der Waals surface area contributed by atoms with Crippen LogP contribution in [0.4, 0.5) is 0 Å². The highest BCUT2D eigenvalue weighted by molar-refractivity contribution is 5.84. The second-order valence-electron chi connectivity index (χ2n) is 16.6. The molecule has 0 radical (unpaired) electrons. The average molecular weight is 959 g/mol. The van der Waals surface area contributed by atoms with Crippen LogP contribution >= 0.6 is 0 Å². The SMILES string of the molecule is CNC(CCCCNC(=O)CCCNC(=O)COCCOCCNC(=O)COCCOCCNC(=O)CC[C@H](NC(=O)CCCCCCCCCCCCCCCCC(=O)O)C(=O)O)C(C)=O. The van der Waals surface area contributed by atoms with Gasteiger partial charge in [0.05, 0.1) is 45.7 Å². The number of hydrogen-bond acceptors (Lipinski definition) is 13. The molecule has 0 saturated carbocycles. The molecule has 20 heteroatoms. The topological polar surface area (TPSA) is 286 Å². The Morgan fingerprint density at radius 2 is 0.821 bits per heavy atom. The van der Waals surface area contributed by atoms with Gasteiger partial charge in [0.1, 0.15) is 25.0 Å². The highest BCUT2D eigenvalue weighted by Crippen LogP contribution is 2.14. The molecule has 20 nitrogen and oxygen atoms in total. The van der Waals surface area contributed by atoms with Gasteiger partial charge in [-0.05, 0) is 58.9 Å². The van der Waals surface area contributed by atoms with E-state index in [0.717, 1.165) is 64.2 Å².